The number of hydrogen-bond acceptors (Lipinski definition) is 1. The van der Waals surface area contributed by atoms with Gasteiger partial charge in [-0.05, 0) is 31.0 Å². The predicted molar refractivity (Wildman–Crippen MR) is 77.6 cm³/mol. The van der Waals surface area contributed by atoms with Crippen molar-refractivity contribution in [2.45, 2.75) is 25.8 Å². The lowest BCUT2D eigenvalue weighted by atomic mass is 10.1. The lowest BCUT2D eigenvalue weighted by Crippen LogP contribution is -2.29. The number of alkyl halides is 1. The van der Waals surface area contributed by atoms with Gasteiger partial charge in [0.05, 0.1) is 6.04 Å². The van der Waals surface area contributed by atoms with Crippen molar-refractivity contribution >= 4 is 40.7 Å². The van der Waals surface area contributed by atoms with Crippen LogP contribution in [-0.2, 0) is 4.79 Å². The highest BCUT2D eigenvalue weighted by Crippen LogP contribution is 2.29. The summed E-state index contributed by atoms with van der Waals surface area (Å²) in [6, 6.07) is 5.22. The molecule has 1 unspecified atom stereocenters. The molecule has 0 N–H and O–H groups in total. The van der Waals surface area contributed by atoms with Gasteiger partial charge in [-0.15, -0.1) is 11.6 Å². The van der Waals surface area contributed by atoms with Gasteiger partial charge in [-0.3, -0.25) is 4.79 Å². The second-order valence-electron chi connectivity index (χ2n) is 4.14. The fraction of sp³-hybridized carbons (Fsp3) is 0.462. The highest BCUT2D eigenvalue weighted by molar-refractivity contribution is 6.35. The van der Waals surface area contributed by atoms with E-state index >= 15 is 0 Å². The number of carbonyl (C=O) groups is 1. The number of carbonyl (C=O) groups excluding carboxylic acids is 1. The van der Waals surface area contributed by atoms with Gasteiger partial charge in [0, 0.05) is 29.4 Å². The van der Waals surface area contributed by atoms with Gasteiger partial charge in [0.2, 0.25) is 5.91 Å². The van der Waals surface area contributed by atoms with Crippen LogP contribution in [0.2, 0.25) is 10.0 Å². The third-order valence-electron chi connectivity index (χ3n) is 2.91. The van der Waals surface area contributed by atoms with Crippen molar-refractivity contribution in [3.05, 3.63) is 33.8 Å². The number of benzene rings is 1. The molecular formula is C13H16Cl3NO. The molecule has 0 saturated carbocycles. The molecule has 100 valence electrons. The summed E-state index contributed by atoms with van der Waals surface area (Å²) in [5, 5.41) is 1.17. The van der Waals surface area contributed by atoms with Crippen LogP contribution in [0, 0.1) is 0 Å². The molecule has 0 aliphatic heterocycles. The van der Waals surface area contributed by atoms with Gasteiger partial charge in [-0.25, -0.2) is 0 Å². The Morgan fingerprint density at radius 1 is 1.39 bits per heavy atom. The van der Waals surface area contributed by atoms with Gasteiger partial charge < -0.3 is 4.90 Å². The summed E-state index contributed by atoms with van der Waals surface area (Å²) < 4.78 is 0. The summed E-state index contributed by atoms with van der Waals surface area (Å²) in [7, 11) is 1.77. The van der Waals surface area contributed by atoms with Crippen LogP contribution in [0.1, 0.15) is 31.4 Å². The quantitative estimate of drug-likeness (QED) is 0.732. The fourth-order valence-corrected chi connectivity index (χ4v) is 2.36. The van der Waals surface area contributed by atoms with Gasteiger partial charge in [0.25, 0.3) is 0 Å². The zero-order chi connectivity index (χ0) is 13.7. The highest BCUT2D eigenvalue weighted by atomic mass is 35.5. The number of rotatable bonds is 5. The zero-order valence-electron chi connectivity index (χ0n) is 10.4. The minimum Gasteiger partial charge on any atom is -0.339 e. The van der Waals surface area contributed by atoms with E-state index in [9.17, 15) is 4.79 Å². The molecule has 1 atom stereocenters. The van der Waals surface area contributed by atoms with Gasteiger partial charge >= 0.3 is 0 Å². The van der Waals surface area contributed by atoms with E-state index in [1.165, 1.54) is 0 Å². The molecular weight excluding hydrogens is 293 g/mol. The number of hydrogen-bond donors (Lipinski definition) is 0. The van der Waals surface area contributed by atoms with Crippen molar-refractivity contribution in [3.63, 3.8) is 0 Å². The Morgan fingerprint density at radius 3 is 2.61 bits per heavy atom. The molecule has 0 fully saturated rings. The van der Waals surface area contributed by atoms with Gasteiger partial charge in [-0.1, -0.05) is 29.3 Å². The van der Waals surface area contributed by atoms with Gasteiger partial charge in [0.1, 0.15) is 0 Å². The normalized spacial score (nSPS) is 12.3. The second kappa shape index (κ2) is 7.22. The average Bonchev–Trinajstić information content (AvgIpc) is 2.34. The standard InChI is InChI=1S/C13H16Cl3NO/c1-9(17(2)13(18)4-3-7-14)11-6-5-10(15)8-12(11)16/h5-6,8-9H,3-4,7H2,1-2H3. The number of nitrogens with zero attached hydrogens (tertiary/aromatic N) is 1. The Morgan fingerprint density at radius 2 is 2.06 bits per heavy atom. The van der Waals surface area contributed by atoms with E-state index in [4.69, 9.17) is 34.8 Å². The SMILES string of the molecule is CC(c1ccc(Cl)cc1Cl)N(C)C(=O)CCCCl. The molecule has 0 saturated heterocycles. The van der Waals surface area contributed by atoms with Crippen molar-refractivity contribution in [1.82, 2.24) is 4.90 Å². The highest BCUT2D eigenvalue weighted by Gasteiger charge is 2.19. The first-order chi connectivity index (χ1) is 8.47. The molecule has 1 aromatic rings. The van der Waals surface area contributed by atoms with Crippen LogP contribution in [0.5, 0.6) is 0 Å². The predicted octanol–water partition coefficient (Wildman–Crippen LogP) is 4.53. The Kier molecular flexibility index (Phi) is 6.27. The summed E-state index contributed by atoms with van der Waals surface area (Å²) in [4.78, 5) is 13.6. The number of amides is 1. The summed E-state index contributed by atoms with van der Waals surface area (Å²) >= 11 is 17.6. The van der Waals surface area contributed by atoms with Crippen molar-refractivity contribution in [1.29, 1.82) is 0 Å². The molecule has 0 heterocycles. The first-order valence-corrected chi connectivity index (χ1v) is 7.03. The number of halogens is 3. The molecule has 0 radical (unpaired) electrons. The van der Waals surface area contributed by atoms with Crippen molar-refractivity contribution in [2.24, 2.45) is 0 Å². The topological polar surface area (TPSA) is 20.3 Å². The zero-order valence-corrected chi connectivity index (χ0v) is 12.7. The minimum atomic E-state index is -0.0856. The summed E-state index contributed by atoms with van der Waals surface area (Å²) in [5.41, 5.74) is 0.891. The molecule has 0 bridgehead atoms. The monoisotopic (exact) mass is 307 g/mol. The third kappa shape index (κ3) is 4.04. The van der Waals surface area contributed by atoms with E-state index in [2.05, 4.69) is 0 Å². The largest absolute Gasteiger partial charge is 0.339 e. The Hall–Kier alpha value is -0.440. The maximum absolute atomic E-state index is 11.9. The smallest absolute Gasteiger partial charge is 0.222 e. The van der Waals surface area contributed by atoms with Gasteiger partial charge in [0.15, 0.2) is 0 Å². The van der Waals surface area contributed by atoms with E-state index < -0.39 is 0 Å². The van der Waals surface area contributed by atoms with Crippen LogP contribution in [-0.4, -0.2) is 23.7 Å². The first kappa shape index (κ1) is 15.6. The lowest BCUT2D eigenvalue weighted by Gasteiger charge is -2.26. The second-order valence-corrected chi connectivity index (χ2v) is 5.36. The van der Waals surface area contributed by atoms with Crippen LogP contribution >= 0.6 is 34.8 Å². The molecule has 2 nitrogen and oxygen atoms in total. The molecule has 0 aliphatic rings. The first-order valence-electron chi connectivity index (χ1n) is 5.74. The van der Waals surface area contributed by atoms with Crippen LogP contribution in [0.15, 0.2) is 18.2 Å². The van der Waals surface area contributed by atoms with E-state index in [0.717, 1.165) is 5.56 Å². The van der Waals surface area contributed by atoms with Crippen LogP contribution < -0.4 is 0 Å². The Balaban J connectivity index is 2.79. The van der Waals surface area contributed by atoms with E-state index in [-0.39, 0.29) is 11.9 Å². The minimum absolute atomic E-state index is 0.0640. The average molecular weight is 309 g/mol. The maximum Gasteiger partial charge on any atom is 0.222 e. The van der Waals surface area contributed by atoms with E-state index in [1.54, 1.807) is 24.1 Å². The Bertz CT molecular complexity index is 423. The molecule has 1 rings (SSSR count). The van der Waals surface area contributed by atoms with E-state index in [1.807, 2.05) is 13.0 Å². The molecule has 1 aromatic carbocycles. The summed E-state index contributed by atoms with van der Waals surface area (Å²) in [5.74, 6) is 0.560. The van der Waals surface area contributed by atoms with Crippen LogP contribution in [0.25, 0.3) is 0 Å². The van der Waals surface area contributed by atoms with E-state index in [0.29, 0.717) is 28.8 Å². The fourth-order valence-electron chi connectivity index (χ4n) is 1.66. The van der Waals surface area contributed by atoms with Crippen LogP contribution in [0.3, 0.4) is 0 Å². The molecule has 0 spiro atoms. The van der Waals surface area contributed by atoms with Crippen LogP contribution in [0.4, 0.5) is 0 Å². The molecule has 0 aromatic heterocycles. The van der Waals surface area contributed by atoms with Crippen molar-refractivity contribution in [2.75, 3.05) is 12.9 Å². The van der Waals surface area contributed by atoms with Crippen molar-refractivity contribution < 1.29 is 4.79 Å². The molecule has 5 heteroatoms. The Labute approximate surface area is 123 Å². The van der Waals surface area contributed by atoms with Gasteiger partial charge in [-0.2, -0.15) is 0 Å². The molecule has 0 aliphatic carbocycles. The van der Waals surface area contributed by atoms with Crippen molar-refractivity contribution in [3.8, 4) is 0 Å². The third-order valence-corrected chi connectivity index (χ3v) is 3.74. The molecule has 18 heavy (non-hydrogen) atoms. The maximum atomic E-state index is 11.9. The summed E-state index contributed by atoms with van der Waals surface area (Å²) in [6.45, 7) is 1.94. The summed E-state index contributed by atoms with van der Waals surface area (Å²) in [6.07, 6.45) is 1.14. The molecule has 1 amide bonds. The lowest BCUT2D eigenvalue weighted by molar-refractivity contribution is -0.131.